The van der Waals surface area contributed by atoms with Crippen molar-refractivity contribution in [2.75, 3.05) is 0 Å². The van der Waals surface area contributed by atoms with Crippen molar-refractivity contribution in [3.63, 3.8) is 0 Å². The Balaban J connectivity index is 2.12. The molecule has 2 aromatic carbocycles. The summed E-state index contributed by atoms with van der Waals surface area (Å²) in [4.78, 5) is 0. The Morgan fingerprint density at radius 3 is 2.58 bits per heavy atom. The number of rotatable bonds is 4. The highest BCUT2D eigenvalue weighted by Crippen LogP contribution is 2.17. The molecule has 0 radical (unpaired) electrons. The van der Waals surface area contributed by atoms with Gasteiger partial charge in [-0.05, 0) is 41.7 Å². The summed E-state index contributed by atoms with van der Waals surface area (Å²) >= 11 is 0. The number of aryl methyl sites for hydroxylation is 1. The highest BCUT2D eigenvalue weighted by atomic mass is 19.1. The van der Waals surface area contributed by atoms with Gasteiger partial charge in [0.1, 0.15) is 18.2 Å². The molecule has 0 aliphatic rings. The van der Waals surface area contributed by atoms with Crippen LogP contribution in [0.3, 0.4) is 0 Å². The van der Waals surface area contributed by atoms with E-state index in [0.29, 0.717) is 22.3 Å². The Morgan fingerprint density at radius 1 is 1.16 bits per heavy atom. The minimum absolute atomic E-state index is 0.193. The van der Waals surface area contributed by atoms with Gasteiger partial charge in [0.05, 0.1) is 0 Å². The van der Waals surface area contributed by atoms with E-state index in [2.05, 4.69) is 0 Å². The molecule has 0 fully saturated rings. The molecule has 0 amide bonds. The summed E-state index contributed by atoms with van der Waals surface area (Å²) in [6.45, 7) is 1.85. The van der Waals surface area contributed by atoms with E-state index in [0.717, 1.165) is 0 Å². The third-order valence-electron chi connectivity index (χ3n) is 2.86. The van der Waals surface area contributed by atoms with E-state index < -0.39 is 7.12 Å². The highest BCUT2D eigenvalue weighted by Gasteiger charge is 2.15. The Morgan fingerprint density at radius 2 is 1.89 bits per heavy atom. The van der Waals surface area contributed by atoms with Crippen LogP contribution >= 0.6 is 0 Å². The van der Waals surface area contributed by atoms with Gasteiger partial charge in [-0.2, -0.15) is 0 Å². The molecule has 19 heavy (non-hydrogen) atoms. The fraction of sp³-hybridized carbons (Fsp3) is 0.143. The van der Waals surface area contributed by atoms with E-state index in [1.54, 1.807) is 43.3 Å². The predicted molar refractivity (Wildman–Crippen MR) is 71.7 cm³/mol. The van der Waals surface area contributed by atoms with Gasteiger partial charge in [-0.25, -0.2) is 4.39 Å². The van der Waals surface area contributed by atoms with Crippen LogP contribution in [0.1, 0.15) is 11.1 Å². The van der Waals surface area contributed by atoms with Gasteiger partial charge in [0.25, 0.3) is 0 Å². The summed E-state index contributed by atoms with van der Waals surface area (Å²) in [6, 6.07) is 11.4. The highest BCUT2D eigenvalue weighted by molar-refractivity contribution is 6.59. The summed E-state index contributed by atoms with van der Waals surface area (Å²) in [5.41, 5.74) is 1.59. The van der Waals surface area contributed by atoms with Crippen molar-refractivity contribution in [1.82, 2.24) is 0 Å². The van der Waals surface area contributed by atoms with Gasteiger partial charge in [0.2, 0.25) is 0 Å². The molecule has 0 saturated carbocycles. The molecule has 3 nitrogen and oxygen atoms in total. The maximum atomic E-state index is 13.1. The van der Waals surface area contributed by atoms with E-state index in [9.17, 15) is 14.4 Å². The van der Waals surface area contributed by atoms with Crippen LogP contribution in [0.4, 0.5) is 4.39 Å². The fourth-order valence-corrected chi connectivity index (χ4v) is 1.79. The summed E-state index contributed by atoms with van der Waals surface area (Å²) in [5, 5.41) is 18.5. The van der Waals surface area contributed by atoms with Crippen LogP contribution in [0.2, 0.25) is 0 Å². The summed E-state index contributed by atoms with van der Waals surface area (Å²) in [7, 11) is -1.53. The topological polar surface area (TPSA) is 49.7 Å². The zero-order chi connectivity index (χ0) is 13.8. The van der Waals surface area contributed by atoms with E-state index in [1.807, 2.05) is 0 Å². The van der Waals surface area contributed by atoms with Crippen molar-refractivity contribution in [1.29, 1.82) is 0 Å². The van der Waals surface area contributed by atoms with Crippen molar-refractivity contribution >= 4 is 12.6 Å². The molecule has 0 bridgehead atoms. The van der Waals surface area contributed by atoms with Crippen molar-refractivity contribution < 1.29 is 19.2 Å². The summed E-state index contributed by atoms with van der Waals surface area (Å²) in [5.74, 6) is 0.264. The Bertz CT molecular complexity index is 572. The zero-order valence-corrected chi connectivity index (χ0v) is 10.5. The first-order valence-corrected chi connectivity index (χ1v) is 5.91. The van der Waals surface area contributed by atoms with Crippen LogP contribution in [0.25, 0.3) is 0 Å². The second-order valence-corrected chi connectivity index (χ2v) is 4.27. The zero-order valence-electron chi connectivity index (χ0n) is 10.5. The second-order valence-electron chi connectivity index (χ2n) is 4.27. The Kier molecular flexibility index (Phi) is 4.19. The molecule has 2 rings (SSSR count). The first kappa shape index (κ1) is 13.6. The molecule has 0 unspecified atom stereocenters. The van der Waals surface area contributed by atoms with Gasteiger partial charge < -0.3 is 14.8 Å². The normalized spacial score (nSPS) is 10.3. The monoisotopic (exact) mass is 260 g/mol. The average Bonchev–Trinajstić information content (AvgIpc) is 2.40. The number of hydrogen-bond acceptors (Lipinski definition) is 3. The fourth-order valence-electron chi connectivity index (χ4n) is 1.79. The first-order chi connectivity index (χ1) is 9.08. The van der Waals surface area contributed by atoms with Crippen molar-refractivity contribution in [2.24, 2.45) is 0 Å². The lowest BCUT2D eigenvalue weighted by atomic mass is 9.77. The lowest BCUT2D eigenvalue weighted by molar-refractivity contribution is 0.305. The summed E-state index contributed by atoms with van der Waals surface area (Å²) < 4.78 is 18.6. The molecule has 0 spiro atoms. The average molecular weight is 260 g/mol. The number of benzene rings is 2. The van der Waals surface area contributed by atoms with Gasteiger partial charge in [-0.3, -0.25) is 0 Å². The third-order valence-corrected chi connectivity index (χ3v) is 2.86. The van der Waals surface area contributed by atoms with Crippen molar-refractivity contribution in [3.8, 4) is 5.75 Å². The van der Waals surface area contributed by atoms with Gasteiger partial charge in [0.15, 0.2) is 0 Å². The Hall–Kier alpha value is -1.85. The molecule has 0 aliphatic heterocycles. The quantitative estimate of drug-likeness (QED) is 0.817. The molecule has 0 aromatic heterocycles. The largest absolute Gasteiger partial charge is 0.489 e. The lowest BCUT2D eigenvalue weighted by Crippen LogP contribution is -2.33. The standard InChI is InChI=1S/C14H14BFO3/c1-10-8-12(6-7-14(10)16)19-9-11-4-2-3-5-13(11)15(17)18/h2-8,17-18H,9H2,1H3. The van der Waals surface area contributed by atoms with E-state index in [-0.39, 0.29) is 12.4 Å². The van der Waals surface area contributed by atoms with Crippen LogP contribution in [0, 0.1) is 12.7 Å². The molecule has 0 heterocycles. The molecule has 98 valence electrons. The number of halogens is 1. The number of ether oxygens (including phenoxy) is 1. The molecular weight excluding hydrogens is 246 g/mol. The molecule has 2 aromatic rings. The first-order valence-electron chi connectivity index (χ1n) is 5.91. The van der Waals surface area contributed by atoms with Gasteiger partial charge >= 0.3 is 7.12 Å². The van der Waals surface area contributed by atoms with Crippen molar-refractivity contribution in [2.45, 2.75) is 13.5 Å². The van der Waals surface area contributed by atoms with E-state index in [4.69, 9.17) is 4.74 Å². The molecule has 0 atom stereocenters. The molecule has 2 N–H and O–H groups in total. The van der Waals surface area contributed by atoms with Crippen LogP contribution in [-0.4, -0.2) is 17.2 Å². The minimum atomic E-state index is -1.53. The Labute approximate surface area is 111 Å². The van der Waals surface area contributed by atoms with Crippen LogP contribution in [-0.2, 0) is 6.61 Å². The van der Waals surface area contributed by atoms with Gasteiger partial charge in [-0.1, -0.05) is 24.3 Å². The SMILES string of the molecule is Cc1cc(OCc2ccccc2B(O)O)ccc1F. The van der Waals surface area contributed by atoms with Crippen molar-refractivity contribution in [3.05, 3.63) is 59.4 Å². The van der Waals surface area contributed by atoms with Crippen LogP contribution in [0.15, 0.2) is 42.5 Å². The van der Waals surface area contributed by atoms with Gasteiger partial charge in [0, 0.05) is 0 Å². The van der Waals surface area contributed by atoms with Crippen LogP contribution in [0.5, 0.6) is 5.75 Å². The smallest absolute Gasteiger partial charge is 0.488 e. The number of hydrogen-bond donors (Lipinski definition) is 2. The molecule has 0 aliphatic carbocycles. The maximum absolute atomic E-state index is 13.1. The molecule has 5 heteroatoms. The maximum Gasteiger partial charge on any atom is 0.488 e. The lowest BCUT2D eigenvalue weighted by Gasteiger charge is -2.11. The molecule has 0 saturated heterocycles. The van der Waals surface area contributed by atoms with Crippen LogP contribution < -0.4 is 10.2 Å². The van der Waals surface area contributed by atoms with E-state index in [1.165, 1.54) is 6.07 Å². The second kappa shape index (κ2) is 5.86. The van der Waals surface area contributed by atoms with Gasteiger partial charge in [-0.15, -0.1) is 0 Å². The molecular formula is C14H14BFO3. The summed E-state index contributed by atoms with van der Waals surface area (Å²) in [6.07, 6.45) is 0. The minimum Gasteiger partial charge on any atom is -0.489 e. The predicted octanol–water partition coefficient (Wildman–Crippen LogP) is 1.39. The van der Waals surface area contributed by atoms with E-state index >= 15 is 0 Å². The third kappa shape index (κ3) is 3.33.